The number of hydrogen-bond acceptors (Lipinski definition) is 3. The van der Waals surface area contributed by atoms with Crippen molar-refractivity contribution in [2.75, 3.05) is 17.6 Å². The molecule has 0 saturated carbocycles. The monoisotopic (exact) mass is 345 g/mol. The van der Waals surface area contributed by atoms with Crippen molar-refractivity contribution in [1.82, 2.24) is 5.32 Å². The van der Waals surface area contributed by atoms with Crippen molar-refractivity contribution < 1.29 is 4.79 Å². The van der Waals surface area contributed by atoms with Crippen LogP contribution in [0.5, 0.6) is 0 Å². The van der Waals surface area contributed by atoms with Crippen LogP contribution >= 0.6 is 0 Å². The van der Waals surface area contributed by atoms with Gasteiger partial charge in [-0.15, -0.1) is 0 Å². The number of amides is 1. The molecule has 0 unspecified atom stereocenters. The molecular weight excluding hydrogens is 322 g/mol. The molecule has 0 spiro atoms. The Labute approximate surface area is 154 Å². The summed E-state index contributed by atoms with van der Waals surface area (Å²) < 4.78 is 0. The van der Waals surface area contributed by atoms with Crippen LogP contribution in [0.15, 0.2) is 78.9 Å². The summed E-state index contributed by atoms with van der Waals surface area (Å²) in [5, 5.41) is 6.31. The zero-order chi connectivity index (χ0) is 18.4. The Morgan fingerprint density at radius 3 is 2.00 bits per heavy atom. The van der Waals surface area contributed by atoms with Gasteiger partial charge in [0.15, 0.2) is 0 Å². The highest BCUT2D eigenvalue weighted by Gasteiger charge is 2.15. The summed E-state index contributed by atoms with van der Waals surface area (Å²) in [5.74, 6) is -0.117. The van der Waals surface area contributed by atoms with E-state index in [1.165, 1.54) is 0 Å². The lowest BCUT2D eigenvalue weighted by Crippen LogP contribution is -2.22. The average molecular weight is 345 g/mol. The molecule has 4 heteroatoms. The zero-order valence-corrected chi connectivity index (χ0v) is 14.8. The molecule has 0 aliphatic heterocycles. The topological polar surface area (TPSA) is 67.2 Å². The van der Waals surface area contributed by atoms with E-state index in [1.54, 1.807) is 12.1 Å². The average Bonchev–Trinajstić information content (AvgIpc) is 2.68. The van der Waals surface area contributed by atoms with Crippen LogP contribution in [0.4, 0.5) is 11.4 Å². The van der Waals surface area contributed by atoms with E-state index in [-0.39, 0.29) is 11.9 Å². The second-order valence-electron chi connectivity index (χ2n) is 6.06. The van der Waals surface area contributed by atoms with Crippen LogP contribution in [0.25, 0.3) is 0 Å². The Hall–Kier alpha value is -3.27. The number of rotatable bonds is 6. The van der Waals surface area contributed by atoms with Gasteiger partial charge in [0.2, 0.25) is 0 Å². The number of nitrogens with two attached hydrogens (primary N) is 1. The molecule has 0 aliphatic rings. The number of carbonyl (C=O) groups excluding carboxylic acids is 1. The molecule has 0 radical (unpaired) electrons. The molecule has 0 atom stereocenters. The maximum Gasteiger partial charge on any atom is 0.251 e. The maximum atomic E-state index is 12.0. The highest BCUT2D eigenvalue weighted by molar-refractivity contribution is 5.96. The standard InChI is InChI=1S/C22H23N3O/c1-2-24-22(26)18-13-14-20(19(23)15-18)25-21(16-9-5-3-6-10-16)17-11-7-4-8-12-17/h3-15,21,25H,2,23H2,1H3,(H,24,26). The summed E-state index contributed by atoms with van der Waals surface area (Å²) in [7, 11) is 0. The minimum atomic E-state index is -0.117. The van der Waals surface area contributed by atoms with Crippen molar-refractivity contribution in [1.29, 1.82) is 0 Å². The minimum Gasteiger partial charge on any atom is -0.397 e. The van der Waals surface area contributed by atoms with Crippen LogP contribution in [0.1, 0.15) is 34.5 Å². The van der Waals surface area contributed by atoms with Crippen molar-refractivity contribution in [2.24, 2.45) is 0 Å². The first-order valence-corrected chi connectivity index (χ1v) is 8.73. The first kappa shape index (κ1) is 17.5. The van der Waals surface area contributed by atoms with Gasteiger partial charge >= 0.3 is 0 Å². The molecule has 26 heavy (non-hydrogen) atoms. The molecule has 0 heterocycles. The molecule has 3 aromatic rings. The van der Waals surface area contributed by atoms with Gasteiger partial charge in [0, 0.05) is 12.1 Å². The van der Waals surface area contributed by atoms with Gasteiger partial charge in [-0.05, 0) is 36.2 Å². The fraction of sp³-hybridized carbons (Fsp3) is 0.136. The molecule has 3 aromatic carbocycles. The van der Waals surface area contributed by atoms with Gasteiger partial charge in [-0.25, -0.2) is 0 Å². The lowest BCUT2D eigenvalue weighted by molar-refractivity contribution is 0.0956. The first-order chi connectivity index (χ1) is 12.7. The number of nitrogen functional groups attached to an aromatic ring is 1. The highest BCUT2D eigenvalue weighted by atomic mass is 16.1. The molecule has 0 bridgehead atoms. The van der Waals surface area contributed by atoms with Crippen molar-refractivity contribution in [3.63, 3.8) is 0 Å². The van der Waals surface area contributed by atoms with E-state index in [0.717, 1.165) is 16.8 Å². The van der Waals surface area contributed by atoms with Gasteiger partial charge in [0.1, 0.15) is 0 Å². The molecule has 0 aliphatic carbocycles. The van der Waals surface area contributed by atoms with Gasteiger partial charge < -0.3 is 16.4 Å². The Morgan fingerprint density at radius 1 is 0.923 bits per heavy atom. The van der Waals surface area contributed by atoms with Gasteiger partial charge in [0.05, 0.1) is 17.4 Å². The quantitative estimate of drug-likeness (QED) is 0.586. The number of carbonyl (C=O) groups is 1. The Morgan fingerprint density at radius 2 is 1.50 bits per heavy atom. The zero-order valence-electron chi connectivity index (χ0n) is 14.8. The van der Waals surface area contributed by atoms with Crippen molar-refractivity contribution in [3.05, 3.63) is 95.6 Å². The molecule has 4 nitrogen and oxygen atoms in total. The summed E-state index contributed by atoms with van der Waals surface area (Å²) in [6.07, 6.45) is 0. The molecule has 0 saturated heterocycles. The fourth-order valence-electron chi connectivity index (χ4n) is 2.90. The van der Waals surface area contributed by atoms with E-state index in [9.17, 15) is 4.79 Å². The van der Waals surface area contributed by atoms with Crippen molar-refractivity contribution >= 4 is 17.3 Å². The Balaban J connectivity index is 1.91. The highest BCUT2D eigenvalue weighted by Crippen LogP contribution is 2.30. The third-order valence-electron chi connectivity index (χ3n) is 4.22. The number of benzene rings is 3. The Bertz CT molecular complexity index is 824. The first-order valence-electron chi connectivity index (χ1n) is 8.73. The van der Waals surface area contributed by atoms with Crippen LogP contribution in [-0.4, -0.2) is 12.5 Å². The molecule has 0 fully saturated rings. The van der Waals surface area contributed by atoms with E-state index in [2.05, 4.69) is 34.9 Å². The minimum absolute atomic E-state index is 0.0324. The number of nitrogens with one attached hydrogen (secondary N) is 2. The summed E-state index contributed by atoms with van der Waals surface area (Å²) in [4.78, 5) is 12.0. The SMILES string of the molecule is CCNC(=O)c1ccc(NC(c2ccccc2)c2ccccc2)c(N)c1. The van der Waals surface area contributed by atoms with Crippen molar-refractivity contribution in [3.8, 4) is 0 Å². The largest absolute Gasteiger partial charge is 0.397 e. The molecule has 3 rings (SSSR count). The second kappa shape index (κ2) is 8.21. The Kier molecular flexibility index (Phi) is 5.54. The summed E-state index contributed by atoms with van der Waals surface area (Å²) in [5.41, 5.74) is 10.4. The fourth-order valence-corrected chi connectivity index (χ4v) is 2.90. The van der Waals surface area contributed by atoms with E-state index in [1.807, 2.05) is 49.4 Å². The lowest BCUT2D eigenvalue weighted by atomic mass is 9.98. The van der Waals surface area contributed by atoms with Crippen LogP contribution in [-0.2, 0) is 0 Å². The molecule has 132 valence electrons. The molecule has 1 amide bonds. The molecular formula is C22H23N3O. The van der Waals surface area contributed by atoms with E-state index in [4.69, 9.17) is 5.73 Å². The van der Waals surface area contributed by atoms with Crippen molar-refractivity contribution in [2.45, 2.75) is 13.0 Å². The van der Waals surface area contributed by atoms with Gasteiger partial charge in [-0.2, -0.15) is 0 Å². The van der Waals surface area contributed by atoms with E-state index >= 15 is 0 Å². The smallest absolute Gasteiger partial charge is 0.251 e. The normalized spacial score (nSPS) is 10.5. The maximum absolute atomic E-state index is 12.0. The third-order valence-corrected chi connectivity index (χ3v) is 4.22. The van der Waals surface area contributed by atoms with Crippen LogP contribution < -0.4 is 16.4 Å². The van der Waals surface area contributed by atoms with Crippen LogP contribution in [0, 0.1) is 0 Å². The predicted molar refractivity (Wildman–Crippen MR) is 107 cm³/mol. The third kappa shape index (κ3) is 4.03. The van der Waals surface area contributed by atoms with Gasteiger partial charge in [-0.1, -0.05) is 60.7 Å². The van der Waals surface area contributed by atoms with Crippen LogP contribution in [0.3, 0.4) is 0 Å². The number of hydrogen-bond donors (Lipinski definition) is 3. The van der Waals surface area contributed by atoms with Crippen LogP contribution in [0.2, 0.25) is 0 Å². The van der Waals surface area contributed by atoms with E-state index in [0.29, 0.717) is 17.8 Å². The predicted octanol–water partition coefficient (Wildman–Crippen LogP) is 4.22. The summed E-state index contributed by atoms with van der Waals surface area (Å²) in [6.45, 7) is 2.48. The molecule has 0 aromatic heterocycles. The number of anilines is 2. The van der Waals surface area contributed by atoms with E-state index < -0.39 is 0 Å². The van der Waals surface area contributed by atoms with Gasteiger partial charge in [0.25, 0.3) is 5.91 Å². The summed E-state index contributed by atoms with van der Waals surface area (Å²) >= 11 is 0. The summed E-state index contributed by atoms with van der Waals surface area (Å²) in [6, 6.07) is 25.8. The lowest BCUT2D eigenvalue weighted by Gasteiger charge is -2.22. The second-order valence-corrected chi connectivity index (χ2v) is 6.06. The molecule has 4 N–H and O–H groups in total. The van der Waals surface area contributed by atoms with Gasteiger partial charge in [-0.3, -0.25) is 4.79 Å².